The van der Waals surface area contributed by atoms with Gasteiger partial charge in [0, 0.05) is 37.1 Å². The van der Waals surface area contributed by atoms with Gasteiger partial charge in [-0.25, -0.2) is 13.4 Å². The molecule has 2 heterocycles. The minimum atomic E-state index is -5.72. The number of aromatic nitrogens is 2. The van der Waals surface area contributed by atoms with E-state index in [0.29, 0.717) is 42.4 Å². The highest BCUT2D eigenvalue weighted by atomic mass is 35.5. The smallest absolute Gasteiger partial charge is 0.341 e. The van der Waals surface area contributed by atoms with Crippen molar-refractivity contribution in [3.63, 3.8) is 0 Å². The Bertz CT molecular complexity index is 1140. The predicted molar refractivity (Wildman–Crippen MR) is 134 cm³/mol. The molecule has 2 aromatic rings. The highest BCUT2D eigenvalue weighted by Crippen LogP contribution is 2.47. The third kappa shape index (κ3) is 6.67. The van der Waals surface area contributed by atoms with Crippen molar-refractivity contribution in [3.05, 3.63) is 53.6 Å². The molecule has 0 radical (unpaired) electrons. The van der Waals surface area contributed by atoms with Gasteiger partial charge in [-0.2, -0.15) is 17.9 Å². The minimum absolute atomic E-state index is 0.0466. The lowest BCUT2D eigenvalue weighted by molar-refractivity contribution is -0.136. The van der Waals surface area contributed by atoms with Crippen LogP contribution in [0.25, 0.3) is 0 Å². The van der Waals surface area contributed by atoms with Crippen LogP contribution in [0.5, 0.6) is 0 Å². The number of likely N-dealkylation sites (tertiary alicyclic amines) is 1. The molecule has 12 heteroatoms. The van der Waals surface area contributed by atoms with Crippen molar-refractivity contribution in [2.75, 3.05) is 13.1 Å². The molecule has 1 unspecified atom stereocenters. The van der Waals surface area contributed by atoms with Crippen LogP contribution in [0.3, 0.4) is 0 Å². The molecule has 204 valence electrons. The van der Waals surface area contributed by atoms with E-state index in [0.717, 1.165) is 19.4 Å². The second-order valence-electron chi connectivity index (χ2n) is 10.2. The normalized spacial score (nSPS) is 20.1. The monoisotopic (exact) mass is 560 g/mol. The number of hydrogen-bond donors (Lipinski definition) is 1. The van der Waals surface area contributed by atoms with Gasteiger partial charge >= 0.3 is 15.5 Å². The van der Waals surface area contributed by atoms with Gasteiger partial charge < -0.3 is 9.47 Å². The van der Waals surface area contributed by atoms with Gasteiger partial charge in [0.2, 0.25) is 5.91 Å². The SMILES string of the molecule is O=C(C(Cc1ccc(Cl)cc1)NS(=O)(=O)C(F)(F)F)N1CCC(Cn2ccnc2)(C2CCCCC2)CC1. The van der Waals surface area contributed by atoms with Gasteiger partial charge in [0.15, 0.2) is 0 Å². The number of hydrogen-bond acceptors (Lipinski definition) is 4. The van der Waals surface area contributed by atoms with E-state index in [1.807, 2.05) is 6.20 Å². The van der Waals surface area contributed by atoms with Gasteiger partial charge in [-0.1, -0.05) is 43.0 Å². The minimum Gasteiger partial charge on any atom is -0.341 e. The molecule has 0 spiro atoms. The summed E-state index contributed by atoms with van der Waals surface area (Å²) in [7, 11) is -5.72. The van der Waals surface area contributed by atoms with Gasteiger partial charge in [0.1, 0.15) is 6.04 Å². The second kappa shape index (κ2) is 11.3. The zero-order valence-electron chi connectivity index (χ0n) is 20.5. The number of sulfonamides is 1. The Morgan fingerprint density at radius 2 is 1.78 bits per heavy atom. The molecule has 1 aliphatic carbocycles. The van der Waals surface area contributed by atoms with Gasteiger partial charge in [0.25, 0.3) is 0 Å². The van der Waals surface area contributed by atoms with Crippen LogP contribution >= 0.6 is 11.6 Å². The Morgan fingerprint density at radius 1 is 1.14 bits per heavy atom. The third-order valence-electron chi connectivity index (χ3n) is 7.85. The number of imidazole rings is 1. The average Bonchev–Trinajstić information content (AvgIpc) is 3.37. The van der Waals surface area contributed by atoms with E-state index in [-0.39, 0.29) is 11.8 Å². The van der Waals surface area contributed by atoms with E-state index >= 15 is 0 Å². The van der Waals surface area contributed by atoms with E-state index in [1.54, 1.807) is 41.5 Å². The molecule has 1 atom stereocenters. The molecule has 1 aromatic carbocycles. The number of rotatable bonds is 8. The molecular formula is C25H32ClF3N4O3S. The Hall–Kier alpha value is -2.11. The van der Waals surface area contributed by atoms with Crippen molar-refractivity contribution in [1.29, 1.82) is 0 Å². The lowest BCUT2D eigenvalue weighted by Crippen LogP contribution is -2.55. The van der Waals surface area contributed by atoms with Crippen molar-refractivity contribution < 1.29 is 26.4 Å². The molecule has 4 rings (SSSR count). The highest BCUT2D eigenvalue weighted by Gasteiger charge is 2.49. The number of benzene rings is 1. The summed E-state index contributed by atoms with van der Waals surface area (Å²) in [5.41, 5.74) is -5.06. The van der Waals surface area contributed by atoms with Crippen LogP contribution in [0.4, 0.5) is 13.2 Å². The quantitative estimate of drug-likeness (QED) is 0.504. The van der Waals surface area contributed by atoms with Crippen molar-refractivity contribution in [2.24, 2.45) is 11.3 Å². The number of carbonyl (C=O) groups is 1. The van der Waals surface area contributed by atoms with Crippen LogP contribution in [0.2, 0.25) is 5.02 Å². The molecule has 1 aliphatic heterocycles. The van der Waals surface area contributed by atoms with Gasteiger partial charge in [-0.15, -0.1) is 0 Å². The first-order chi connectivity index (χ1) is 17.5. The maximum absolute atomic E-state index is 13.5. The van der Waals surface area contributed by atoms with Crippen LogP contribution in [0.1, 0.15) is 50.5 Å². The Kier molecular flexibility index (Phi) is 8.55. The zero-order chi connectivity index (χ0) is 26.7. The van der Waals surface area contributed by atoms with Crippen molar-refractivity contribution >= 4 is 27.5 Å². The molecule has 1 saturated carbocycles. The standard InChI is InChI=1S/C25H32ClF3N4O3S/c26-21-8-6-19(7-9-21)16-22(31-37(35,36)25(27,28)29)23(34)33-13-10-24(11-14-33,17-32-15-12-30-18-32)20-4-2-1-3-5-20/h6-9,12,15,18,20,22,31H,1-5,10-11,13-14,16-17H2. The fraction of sp³-hybridized carbons (Fsp3) is 0.600. The van der Waals surface area contributed by atoms with E-state index in [1.165, 1.54) is 24.2 Å². The summed E-state index contributed by atoms with van der Waals surface area (Å²) in [5, 5.41) is 0.426. The first kappa shape index (κ1) is 27.9. The number of carbonyl (C=O) groups excluding carboxylic acids is 1. The van der Waals surface area contributed by atoms with Crippen molar-refractivity contribution in [1.82, 2.24) is 19.2 Å². The third-order valence-corrected chi connectivity index (χ3v) is 9.31. The maximum Gasteiger partial charge on any atom is 0.511 e. The zero-order valence-corrected chi connectivity index (χ0v) is 22.0. The first-order valence-electron chi connectivity index (χ1n) is 12.6. The first-order valence-corrected chi connectivity index (χ1v) is 14.4. The number of alkyl halides is 3. The maximum atomic E-state index is 13.5. The molecule has 1 N–H and O–H groups in total. The number of nitrogens with zero attached hydrogens (tertiary/aromatic N) is 3. The number of halogens is 4. The molecule has 7 nitrogen and oxygen atoms in total. The predicted octanol–water partition coefficient (Wildman–Crippen LogP) is 4.78. The summed E-state index contributed by atoms with van der Waals surface area (Å²) in [6, 6.07) is 4.65. The average molecular weight is 561 g/mol. The lowest BCUT2D eigenvalue weighted by atomic mass is 9.63. The molecule has 0 bridgehead atoms. The van der Waals surface area contributed by atoms with Crippen LogP contribution in [0, 0.1) is 11.3 Å². The summed E-state index contributed by atoms with van der Waals surface area (Å²) in [6.45, 7) is 1.48. The summed E-state index contributed by atoms with van der Waals surface area (Å²) in [4.78, 5) is 19.1. The topological polar surface area (TPSA) is 84.3 Å². The van der Waals surface area contributed by atoms with Gasteiger partial charge in [-0.3, -0.25) is 4.79 Å². The van der Waals surface area contributed by atoms with Gasteiger partial charge in [-0.05, 0) is 61.1 Å². The summed E-state index contributed by atoms with van der Waals surface area (Å²) in [5.74, 6) is -0.155. The van der Waals surface area contributed by atoms with Crippen LogP contribution in [0.15, 0.2) is 43.0 Å². The van der Waals surface area contributed by atoms with E-state index < -0.39 is 27.5 Å². The van der Waals surface area contributed by atoms with Crippen molar-refractivity contribution in [2.45, 2.75) is 69.5 Å². The molecule has 1 aromatic heterocycles. The lowest BCUT2D eigenvalue weighted by Gasteiger charge is -2.48. The summed E-state index contributed by atoms with van der Waals surface area (Å²) >= 11 is 5.90. The number of nitrogens with one attached hydrogen (secondary N) is 1. The van der Waals surface area contributed by atoms with Crippen LogP contribution in [-0.2, 0) is 27.8 Å². The van der Waals surface area contributed by atoms with E-state index in [4.69, 9.17) is 11.6 Å². The molecule has 2 fully saturated rings. The van der Waals surface area contributed by atoms with Gasteiger partial charge in [0.05, 0.1) is 6.33 Å². The molecular weight excluding hydrogens is 529 g/mol. The number of piperidine rings is 1. The Morgan fingerprint density at radius 3 is 2.35 bits per heavy atom. The van der Waals surface area contributed by atoms with Crippen LogP contribution < -0.4 is 4.72 Å². The Labute approximate surface area is 220 Å². The second-order valence-corrected chi connectivity index (χ2v) is 12.3. The number of amides is 1. The molecule has 37 heavy (non-hydrogen) atoms. The summed E-state index contributed by atoms with van der Waals surface area (Å²) in [6.07, 6.45) is 12.4. The fourth-order valence-electron chi connectivity index (χ4n) is 5.84. The van der Waals surface area contributed by atoms with E-state index in [2.05, 4.69) is 9.55 Å². The molecule has 1 amide bonds. The van der Waals surface area contributed by atoms with Crippen molar-refractivity contribution in [3.8, 4) is 0 Å². The summed E-state index contributed by atoms with van der Waals surface area (Å²) < 4.78 is 67.1. The highest BCUT2D eigenvalue weighted by molar-refractivity contribution is 7.90. The Balaban J connectivity index is 1.52. The van der Waals surface area contributed by atoms with Crippen LogP contribution in [-0.4, -0.2) is 53.4 Å². The molecule has 1 saturated heterocycles. The van der Waals surface area contributed by atoms with E-state index in [9.17, 15) is 26.4 Å². The largest absolute Gasteiger partial charge is 0.511 e. The fourth-order valence-corrected chi connectivity index (χ4v) is 6.66. The molecule has 2 aliphatic rings.